The van der Waals surface area contributed by atoms with Crippen LogP contribution in [0.25, 0.3) is 0 Å². The van der Waals surface area contributed by atoms with Crippen molar-refractivity contribution in [2.45, 2.75) is 40.2 Å². The second-order valence-electron chi connectivity index (χ2n) is 6.49. The van der Waals surface area contributed by atoms with Gasteiger partial charge >= 0.3 is 0 Å². The molecule has 0 aromatic heterocycles. The minimum atomic E-state index is -3.35. The van der Waals surface area contributed by atoms with Gasteiger partial charge in [0.25, 0.3) is 0 Å². The van der Waals surface area contributed by atoms with E-state index in [1.165, 1.54) is 0 Å². The highest BCUT2D eigenvalue weighted by Gasteiger charge is 2.19. The van der Waals surface area contributed by atoms with E-state index in [4.69, 9.17) is 0 Å². The van der Waals surface area contributed by atoms with Gasteiger partial charge in [-0.3, -0.25) is 9.52 Å². The van der Waals surface area contributed by atoms with Crippen molar-refractivity contribution in [1.29, 1.82) is 0 Å². The van der Waals surface area contributed by atoms with E-state index in [1.807, 2.05) is 33.8 Å². The van der Waals surface area contributed by atoms with E-state index < -0.39 is 10.0 Å². The van der Waals surface area contributed by atoms with Crippen LogP contribution in [0.4, 0.5) is 5.69 Å². The predicted octanol–water partition coefficient (Wildman–Crippen LogP) is 2.67. The Labute approximate surface area is 127 Å². The van der Waals surface area contributed by atoms with E-state index in [0.717, 1.165) is 11.8 Å². The molecule has 1 amide bonds. The Morgan fingerprint density at radius 3 is 2.33 bits per heavy atom. The lowest BCUT2D eigenvalue weighted by atomic mass is 9.91. The highest BCUT2D eigenvalue weighted by Crippen LogP contribution is 2.24. The number of hydrogen-bond acceptors (Lipinski definition) is 3. The molecule has 1 atom stereocenters. The lowest BCUT2D eigenvalue weighted by Crippen LogP contribution is -2.30. The summed E-state index contributed by atoms with van der Waals surface area (Å²) < 4.78 is 25.2. The van der Waals surface area contributed by atoms with Gasteiger partial charge in [-0.25, -0.2) is 8.42 Å². The topological polar surface area (TPSA) is 75.3 Å². The van der Waals surface area contributed by atoms with Gasteiger partial charge in [0, 0.05) is 6.42 Å². The van der Waals surface area contributed by atoms with Gasteiger partial charge < -0.3 is 5.32 Å². The van der Waals surface area contributed by atoms with Crippen LogP contribution in [0.3, 0.4) is 0 Å². The first-order valence-electron chi connectivity index (χ1n) is 6.84. The Bertz CT molecular complexity index is 604. The maximum Gasteiger partial charge on any atom is 0.229 e. The van der Waals surface area contributed by atoms with Crippen LogP contribution in [0.2, 0.25) is 0 Å². The Hall–Kier alpha value is -1.56. The van der Waals surface area contributed by atoms with Crippen LogP contribution in [-0.2, 0) is 14.8 Å². The van der Waals surface area contributed by atoms with Gasteiger partial charge in [0.05, 0.1) is 18.0 Å². The van der Waals surface area contributed by atoms with Crippen molar-refractivity contribution in [3.63, 3.8) is 0 Å². The Balaban J connectivity index is 2.88. The highest BCUT2D eigenvalue weighted by molar-refractivity contribution is 7.92. The van der Waals surface area contributed by atoms with Crippen LogP contribution in [0.5, 0.6) is 0 Å². The van der Waals surface area contributed by atoms with Crippen molar-refractivity contribution < 1.29 is 13.2 Å². The molecule has 6 heteroatoms. The normalized spacial score (nSPS) is 13.6. The van der Waals surface area contributed by atoms with Crippen LogP contribution in [-0.4, -0.2) is 20.6 Å². The van der Waals surface area contributed by atoms with Gasteiger partial charge in [0.2, 0.25) is 15.9 Å². The maximum atomic E-state index is 12.0. The molecule has 0 aliphatic carbocycles. The van der Waals surface area contributed by atoms with Crippen molar-refractivity contribution in [1.82, 2.24) is 5.32 Å². The molecular weight excluding hydrogens is 288 g/mol. The summed E-state index contributed by atoms with van der Waals surface area (Å²) in [6, 6.07) is 6.78. The van der Waals surface area contributed by atoms with E-state index >= 15 is 0 Å². The zero-order valence-corrected chi connectivity index (χ0v) is 14.0. The smallest absolute Gasteiger partial charge is 0.229 e. The summed E-state index contributed by atoms with van der Waals surface area (Å²) in [4.78, 5) is 12.0. The first-order valence-corrected chi connectivity index (χ1v) is 8.73. The Morgan fingerprint density at radius 2 is 1.81 bits per heavy atom. The van der Waals surface area contributed by atoms with E-state index in [9.17, 15) is 13.2 Å². The molecule has 0 heterocycles. The van der Waals surface area contributed by atoms with Crippen molar-refractivity contribution >= 4 is 21.6 Å². The molecule has 0 aliphatic heterocycles. The predicted molar refractivity (Wildman–Crippen MR) is 85.5 cm³/mol. The van der Waals surface area contributed by atoms with E-state index in [2.05, 4.69) is 10.0 Å². The summed E-state index contributed by atoms with van der Waals surface area (Å²) in [7, 11) is -3.35. The molecular formula is C15H24N2O3S. The largest absolute Gasteiger partial charge is 0.349 e. The minimum absolute atomic E-state index is 0.0517. The summed E-state index contributed by atoms with van der Waals surface area (Å²) in [5.41, 5.74) is 1.14. The van der Waals surface area contributed by atoms with Crippen molar-refractivity contribution in [2.24, 2.45) is 5.41 Å². The van der Waals surface area contributed by atoms with Crippen LogP contribution in [0, 0.1) is 5.41 Å². The monoisotopic (exact) mass is 312 g/mol. The number of para-hydroxylation sites is 1. The molecule has 21 heavy (non-hydrogen) atoms. The van der Waals surface area contributed by atoms with E-state index in [0.29, 0.717) is 12.1 Å². The first kappa shape index (κ1) is 17.5. The molecule has 0 spiro atoms. The number of sulfonamides is 1. The number of hydrogen-bond donors (Lipinski definition) is 2. The van der Waals surface area contributed by atoms with Crippen molar-refractivity contribution in [2.75, 3.05) is 11.0 Å². The Kier molecular flexibility index (Phi) is 5.39. The third-order valence-electron chi connectivity index (χ3n) is 2.79. The van der Waals surface area contributed by atoms with Gasteiger partial charge in [-0.2, -0.15) is 0 Å². The molecule has 0 saturated carbocycles. The second kappa shape index (κ2) is 6.47. The minimum Gasteiger partial charge on any atom is -0.349 e. The quantitative estimate of drug-likeness (QED) is 0.877. The number of anilines is 1. The first-order chi connectivity index (χ1) is 9.48. The van der Waals surface area contributed by atoms with Gasteiger partial charge in [-0.15, -0.1) is 0 Å². The number of carbonyl (C=O) groups is 1. The number of rotatable bonds is 5. The van der Waals surface area contributed by atoms with Crippen LogP contribution >= 0.6 is 0 Å². The van der Waals surface area contributed by atoms with Crippen molar-refractivity contribution in [3.8, 4) is 0 Å². The number of benzene rings is 1. The fourth-order valence-electron chi connectivity index (χ4n) is 2.02. The average molecular weight is 312 g/mol. The molecule has 5 nitrogen and oxygen atoms in total. The standard InChI is InChI=1S/C15H24N2O3S/c1-11(16-14(18)10-15(2,3)4)12-8-6-7-9-13(12)17-21(5,19)20/h6-9,11,17H,10H2,1-5H3,(H,16,18)/t11-/m1/s1. The Morgan fingerprint density at radius 1 is 1.24 bits per heavy atom. The summed E-state index contributed by atoms with van der Waals surface area (Å²) in [6.07, 6.45) is 1.52. The number of carbonyl (C=O) groups excluding carboxylic acids is 1. The molecule has 0 fully saturated rings. The molecule has 1 aromatic carbocycles. The molecule has 0 bridgehead atoms. The van der Waals surface area contributed by atoms with Gasteiger partial charge in [-0.1, -0.05) is 39.0 Å². The van der Waals surface area contributed by atoms with Gasteiger partial charge in [0.1, 0.15) is 0 Å². The maximum absolute atomic E-state index is 12.0. The summed E-state index contributed by atoms with van der Waals surface area (Å²) in [5, 5.41) is 2.91. The lowest BCUT2D eigenvalue weighted by molar-refractivity contribution is -0.123. The molecule has 1 aromatic rings. The number of amides is 1. The van der Waals surface area contributed by atoms with Crippen LogP contribution in [0.1, 0.15) is 45.7 Å². The molecule has 0 aliphatic rings. The third-order valence-corrected chi connectivity index (χ3v) is 3.38. The SMILES string of the molecule is C[C@@H](NC(=O)CC(C)(C)C)c1ccccc1NS(C)(=O)=O. The highest BCUT2D eigenvalue weighted by atomic mass is 32.2. The van der Waals surface area contributed by atoms with E-state index in [-0.39, 0.29) is 17.4 Å². The van der Waals surface area contributed by atoms with Crippen LogP contribution in [0.15, 0.2) is 24.3 Å². The summed E-state index contributed by atoms with van der Waals surface area (Å²) in [5.74, 6) is -0.0517. The molecule has 1 rings (SSSR count). The summed E-state index contributed by atoms with van der Waals surface area (Å²) in [6.45, 7) is 7.83. The molecule has 2 N–H and O–H groups in total. The van der Waals surface area contributed by atoms with Crippen LogP contribution < -0.4 is 10.0 Å². The van der Waals surface area contributed by atoms with Crippen molar-refractivity contribution in [3.05, 3.63) is 29.8 Å². The zero-order chi connectivity index (χ0) is 16.3. The fourth-order valence-corrected chi connectivity index (χ4v) is 2.60. The molecule has 0 radical (unpaired) electrons. The molecule has 0 saturated heterocycles. The van der Waals surface area contributed by atoms with Gasteiger partial charge in [-0.05, 0) is 24.0 Å². The fraction of sp³-hybridized carbons (Fsp3) is 0.533. The molecule has 0 unspecified atom stereocenters. The number of nitrogens with one attached hydrogen (secondary N) is 2. The lowest BCUT2D eigenvalue weighted by Gasteiger charge is -2.22. The third kappa shape index (κ3) is 6.62. The summed E-state index contributed by atoms with van der Waals surface area (Å²) >= 11 is 0. The second-order valence-corrected chi connectivity index (χ2v) is 8.24. The molecule has 118 valence electrons. The average Bonchev–Trinajstić information content (AvgIpc) is 2.24. The zero-order valence-electron chi connectivity index (χ0n) is 13.2. The van der Waals surface area contributed by atoms with Gasteiger partial charge in [0.15, 0.2) is 0 Å². The van der Waals surface area contributed by atoms with E-state index in [1.54, 1.807) is 18.2 Å².